The van der Waals surface area contributed by atoms with Gasteiger partial charge in [-0.25, -0.2) is 18.6 Å². The van der Waals surface area contributed by atoms with Crippen molar-refractivity contribution in [3.05, 3.63) is 69.1 Å². The zero-order valence-corrected chi connectivity index (χ0v) is 20.0. The van der Waals surface area contributed by atoms with E-state index >= 15 is 0 Å². The van der Waals surface area contributed by atoms with Crippen molar-refractivity contribution < 1.29 is 18.7 Å². The van der Waals surface area contributed by atoms with E-state index in [1.54, 1.807) is 36.2 Å². The number of aromatic carboxylic acids is 1. The van der Waals surface area contributed by atoms with Gasteiger partial charge in [0, 0.05) is 43.6 Å². The molecule has 10 heteroatoms. The molecule has 0 saturated carbocycles. The number of benzene rings is 1. The Labute approximate surface area is 201 Å². The Morgan fingerprint density at radius 2 is 1.86 bits per heavy atom. The highest BCUT2D eigenvalue weighted by atomic mass is 19.3. The van der Waals surface area contributed by atoms with Gasteiger partial charge in [-0.15, -0.1) is 0 Å². The first-order valence-corrected chi connectivity index (χ1v) is 11.5. The summed E-state index contributed by atoms with van der Waals surface area (Å²) in [5.74, 6) is -0.484. The molecule has 186 valence electrons. The van der Waals surface area contributed by atoms with E-state index in [1.165, 1.54) is 10.5 Å². The number of carboxylic acids is 1. The number of carboxylic acid groups (broad SMARTS) is 1. The van der Waals surface area contributed by atoms with Crippen molar-refractivity contribution in [1.82, 2.24) is 14.3 Å². The molecule has 1 saturated heterocycles. The average molecular weight is 486 g/mol. The number of fused-ring (bicyclic) bond motifs is 1. The summed E-state index contributed by atoms with van der Waals surface area (Å²) in [7, 11) is 0. The molecule has 1 fully saturated rings. The van der Waals surface area contributed by atoms with Gasteiger partial charge in [0.05, 0.1) is 23.7 Å². The van der Waals surface area contributed by atoms with E-state index in [-0.39, 0.29) is 23.7 Å². The fraction of sp³-hybridized carbons (Fsp3) is 0.400. The third-order valence-corrected chi connectivity index (χ3v) is 6.35. The lowest BCUT2D eigenvalue weighted by Gasteiger charge is -2.35. The van der Waals surface area contributed by atoms with Gasteiger partial charge in [0.2, 0.25) is 0 Å². The molecule has 3 aromatic rings. The highest BCUT2D eigenvalue weighted by molar-refractivity contribution is 5.94. The summed E-state index contributed by atoms with van der Waals surface area (Å²) >= 11 is 0. The van der Waals surface area contributed by atoms with E-state index in [0.29, 0.717) is 48.9 Å². The Morgan fingerprint density at radius 3 is 2.51 bits per heavy atom. The second-order valence-corrected chi connectivity index (χ2v) is 8.93. The van der Waals surface area contributed by atoms with Crippen LogP contribution in [0.2, 0.25) is 0 Å². The summed E-state index contributed by atoms with van der Waals surface area (Å²) in [6.07, 6.45) is -0.638. The van der Waals surface area contributed by atoms with Crippen LogP contribution in [0.3, 0.4) is 0 Å². The molecule has 1 atom stereocenters. The van der Waals surface area contributed by atoms with Crippen LogP contribution in [0.15, 0.2) is 41.3 Å². The largest absolute Gasteiger partial charge is 0.478 e. The Kier molecular flexibility index (Phi) is 7.02. The van der Waals surface area contributed by atoms with E-state index in [2.05, 4.69) is 5.32 Å². The second-order valence-electron chi connectivity index (χ2n) is 8.93. The lowest BCUT2D eigenvalue weighted by Crippen LogP contribution is -2.48. The van der Waals surface area contributed by atoms with Gasteiger partial charge in [-0.3, -0.25) is 14.1 Å². The topological polar surface area (TPSA) is 90.2 Å². The first-order valence-electron chi connectivity index (χ1n) is 11.5. The van der Waals surface area contributed by atoms with Gasteiger partial charge in [0.25, 0.3) is 12.0 Å². The molecule has 35 heavy (non-hydrogen) atoms. The lowest BCUT2D eigenvalue weighted by molar-refractivity contribution is 0.0697. The van der Waals surface area contributed by atoms with Crippen molar-refractivity contribution in [2.75, 3.05) is 42.9 Å². The zero-order valence-electron chi connectivity index (χ0n) is 20.0. The van der Waals surface area contributed by atoms with Crippen LogP contribution in [0.1, 0.15) is 40.0 Å². The SMILES string of the molecule is Cc1cc(C(C)Nc2ccccc2C(=O)O)c2nc(N3CCN(CC(F)F)CC3)c(C)c(=O)n2c1. The molecule has 8 nitrogen and oxygen atoms in total. The lowest BCUT2D eigenvalue weighted by atomic mass is 10.1. The number of piperazine rings is 1. The summed E-state index contributed by atoms with van der Waals surface area (Å²) in [6.45, 7) is 7.18. The van der Waals surface area contributed by atoms with Crippen LogP contribution in [-0.2, 0) is 0 Å². The van der Waals surface area contributed by atoms with Crippen LogP contribution in [0.4, 0.5) is 20.3 Å². The highest BCUT2D eigenvalue weighted by Crippen LogP contribution is 2.27. The zero-order chi connectivity index (χ0) is 25.3. The number of nitrogens with zero attached hydrogens (tertiary/aromatic N) is 4. The van der Waals surface area contributed by atoms with E-state index < -0.39 is 12.4 Å². The average Bonchev–Trinajstić information content (AvgIpc) is 2.81. The van der Waals surface area contributed by atoms with Crippen LogP contribution in [0.5, 0.6) is 0 Å². The number of carbonyl (C=O) groups is 1. The van der Waals surface area contributed by atoms with Gasteiger partial charge in [-0.2, -0.15) is 0 Å². The summed E-state index contributed by atoms with van der Waals surface area (Å²) in [5, 5.41) is 12.8. The Morgan fingerprint density at radius 1 is 1.17 bits per heavy atom. The first kappa shape index (κ1) is 24.6. The van der Waals surface area contributed by atoms with Crippen molar-refractivity contribution in [2.45, 2.75) is 33.2 Å². The number of alkyl halides is 2. The number of rotatable bonds is 7. The van der Waals surface area contributed by atoms with Gasteiger partial charge in [0.15, 0.2) is 0 Å². The van der Waals surface area contributed by atoms with E-state index in [1.807, 2.05) is 24.8 Å². The molecule has 1 aliphatic heterocycles. The molecule has 4 rings (SSSR count). The predicted molar refractivity (Wildman–Crippen MR) is 131 cm³/mol. The summed E-state index contributed by atoms with van der Waals surface area (Å²) < 4.78 is 27.0. The van der Waals surface area contributed by atoms with Crippen LogP contribution in [0, 0.1) is 13.8 Å². The standard InChI is InChI=1S/C25H29F2N5O3/c1-15-12-19(17(3)28-20-7-5-4-6-18(20)25(34)35)23-29-22(16(2)24(33)32(23)13-15)31-10-8-30(9-11-31)14-21(26)27/h4-7,12-13,17,21,28H,8-11,14H2,1-3H3,(H,34,35). The fourth-order valence-electron chi connectivity index (χ4n) is 4.56. The van der Waals surface area contributed by atoms with Crippen molar-refractivity contribution in [1.29, 1.82) is 0 Å². The number of pyridine rings is 1. The minimum absolute atomic E-state index is 0.152. The minimum Gasteiger partial charge on any atom is -0.478 e. The predicted octanol–water partition coefficient (Wildman–Crippen LogP) is 3.57. The van der Waals surface area contributed by atoms with Crippen molar-refractivity contribution >= 4 is 23.1 Å². The van der Waals surface area contributed by atoms with E-state index in [9.17, 15) is 23.5 Å². The van der Waals surface area contributed by atoms with Gasteiger partial charge in [-0.1, -0.05) is 12.1 Å². The molecular formula is C25H29F2N5O3. The number of halogens is 2. The normalized spacial score (nSPS) is 15.5. The number of aromatic nitrogens is 2. The van der Waals surface area contributed by atoms with Crippen molar-refractivity contribution in [3.63, 3.8) is 0 Å². The van der Waals surface area contributed by atoms with Gasteiger partial charge in [-0.05, 0) is 44.5 Å². The molecule has 3 heterocycles. The van der Waals surface area contributed by atoms with Crippen molar-refractivity contribution in [3.8, 4) is 0 Å². The number of nitrogens with one attached hydrogen (secondary N) is 1. The fourth-order valence-corrected chi connectivity index (χ4v) is 4.56. The van der Waals surface area contributed by atoms with Gasteiger partial charge >= 0.3 is 5.97 Å². The summed E-state index contributed by atoms with van der Waals surface area (Å²) in [6, 6.07) is 8.24. The summed E-state index contributed by atoms with van der Waals surface area (Å²) in [4.78, 5) is 33.5. The third kappa shape index (κ3) is 5.12. The second kappa shape index (κ2) is 9.99. The maximum absolute atomic E-state index is 13.3. The molecule has 0 radical (unpaired) electrons. The van der Waals surface area contributed by atoms with E-state index in [4.69, 9.17) is 4.98 Å². The molecule has 0 amide bonds. The molecule has 0 aliphatic carbocycles. The summed E-state index contributed by atoms with van der Waals surface area (Å²) in [5.41, 5.74) is 3.02. The van der Waals surface area contributed by atoms with E-state index in [0.717, 1.165) is 11.1 Å². The smallest absolute Gasteiger partial charge is 0.337 e. The van der Waals surface area contributed by atoms with Crippen LogP contribution >= 0.6 is 0 Å². The van der Waals surface area contributed by atoms with Crippen LogP contribution in [0.25, 0.3) is 5.65 Å². The number of hydrogen-bond acceptors (Lipinski definition) is 6. The monoisotopic (exact) mass is 485 g/mol. The number of hydrogen-bond donors (Lipinski definition) is 2. The molecule has 1 unspecified atom stereocenters. The maximum atomic E-state index is 13.3. The number of anilines is 2. The first-order chi connectivity index (χ1) is 16.7. The molecule has 2 N–H and O–H groups in total. The van der Waals surface area contributed by atoms with Crippen LogP contribution < -0.4 is 15.8 Å². The third-order valence-electron chi connectivity index (χ3n) is 6.35. The maximum Gasteiger partial charge on any atom is 0.337 e. The quantitative estimate of drug-likeness (QED) is 0.529. The Balaban J connectivity index is 1.72. The highest BCUT2D eigenvalue weighted by Gasteiger charge is 2.24. The van der Waals surface area contributed by atoms with Crippen LogP contribution in [-0.4, -0.2) is 64.5 Å². The molecule has 1 aliphatic rings. The Hall–Kier alpha value is -3.53. The molecule has 1 aromatic carbocycles. The number of aryl methyl sites for hydroxylation is 1. The van der Waals surface area contributed by atoms with Gasteiger partial charge < -0.3 is 15.3 Å². The molecule has 0 spiro atoms. The number of para-hydroxylation sites is 1. The van der Waals surface area contributed by atoms with Gasteiger partial charge in [0.1, 0.15) is 11.5 Å². The minimum atomic E-state index is -2.38. The molecule has 2 aromatic heterocycles. The molecule has 0 bridgehead atoms. The molecular weight excluding hydrogens is 456 g/mol. The Bertz CT molecular complexity index is 1300. The van der Waals surface area contributed by atoms with Crippen molar-refractivity contribution in [2.24, 2.45) is 0 Å².